The minimum atomic E-state index is -4.59. The van der Waals surface area contributed by atoms with Crippen LogP contribution in [0.25, 0.3) is 0 Å². The van der Waals surface area contributed by atoms with Crippen molar-refractivity contribution >= 4 is 17.3 Å². The minimum Gasteiger partial charge on any atom is -0.494 e. The first-order valence-corrected chi connectivity index (χ1v) is 10.5. The summed E-state index contributed by atoms with van der Waals surface area (Å²) in [4.78, 5) is 14.5. The van der Waals surface area contributed by atoms with Crippen LogP contribution in [-0.4, -0.2) is 38.7 Å². The smallest absolute Gasteiger partial charge is 0.418 e. The second-order valence-corrected chi connectivity index (χ2v) is 7.63. The Hall–Kier alpha value is -2.74. The number of nitrogens with one attached hydrogen (secondary N) is 2. The van der Waals surface area contributed by atoms with E-state index in [2.05, 4.69) is 17.6 Å². The standard InChI is InChI=1S/C23H28F3N3O2/c1-3-4-13-31-19-8-5-16(6-9-19)22(30)28-21-10-7-18(14-20(21)23(24,25)26)29-12-11-17(15-29)27-2/h5-10,14,17,27H,3-4,11-13,15H2,1-2H3,(H,28,30). The second-order valence-electron chi connectivity index (χ2n) is 7.63. The zero-order chi connectivity index (χ0) is 22.4. The van der Waals surface area contributed by atoms with Crippen LogP contribution in [0.15, 0.2) is 42.5 Å². The predicted molar refractivity (Wildman–Crippen MR) is 116 cm³/mol. The number of carbonyl (C=O) groups excluding carboxylic acids is 1. The molecule has 0 aromatic heterocycles. The van der Waals surface area contributed by atoms with Gasteiger partial charge in [0.1, 0.15) is 5.75 Å². The fourth-order valence-corrected chi connectivity index (χ4v) is 3.53. The van der Waals surface area contributed by atoms with Gasteiger partial charge >= 0.3 is 6.18 Å². The first kappa shape index (κ1) is 22.9. The van der Waals surface area contributed by atoms with Crippen LogP contribution in [-0.2, 0) is 6.18 Å². The molecule has 2 aromatic carbocycles. The van der Waals surface area contributed by atoms with Gasteiger partial charge in [0.05, 0.1) is 17.9 Å². The number of hydrogen-bond acceptors (Lipinski definition) is 4. The molecule has 3 rings (SSSR count). The van der Waals surface area contributed by atoms with Gasteiger partial charge in [-0.15, -0.1) is 0 Å². The van der Waals surface area contributed by atoms with Crippen molar-refractivity contribution in [2.75, 3.05) is 37.0 Å². The molecule has 168 valence electrons. The molecule has 5 nitrogen and oxygen atoms in total. The van der Waals surface area contributed by atoms with E-state index in [9.17, 15) is 18.0 Å². The highest BCUT2D eigenvalue weighted by atomic mass is 19.4. The maximum Gasteiger partial charge on any atom is 0.418 e. The lowest BCUT2D eigenvalue weighted by Gasteiger charge is -2.22. The number of carbonyl (C=O) groups is 1. The normalized spacial score (nSPS) is 16.4. The van der Waals surface area contributed by atoms with Gasteiger partial charge < -0.3 is 20.3 Å². The van der Waals surface area contributed by atoms with Crippen molar-refractivity contribution in [2.24, 2.45) is 0 Å². The van der Waals surface area contributed by atoms with Crippen molar-refractivity contribution in [2.45, 2.75) is 38.4 Å². The fourth-order valence-electron chi connectivity index (χ4n) is 3.53. The number of anilines is 2. The monoisotopic (exact) mass is 435 g/mol. The molecule has 2 N–H and O–H groups in total. The Morgan fingerprint density at radius 3 is 2.55 bits per heavy atom. The van der Waals surface area contributed by atoms with E-state index in [1.54, 1.807) is 30.3 Å². The van der Waals surface area contributed by atoms with E-state index >= 15 is 0 Å². The van der Waals surface area contributed by atoms with E-state index in [1.165, 1.54) is 6.07 Å². The number of halogens is 3. The molecule has 1 saturated heterocycles. The zero-order valence-electron chi connectivity index (χ0n) is 17.8. The molecule has 0 saturated carbocycles. The Morgan fingerprint density at radius 2 is 1.94 bits per heavy atom. The average molecular weight is 435 g/mol. The molecule has 1 amide bonds. The summed E-state index contributed by atoms with van der Waals surface area (Å²) in [5.74, 6) is 0.0191. The summed E-state index contributed by atoms with van der Waals surface area (Å²) < 4.78 is 46.7. The van der Waals surface area contributed by atoms with Crippen LogP contribution in [0.2, 0.25) is 0 Å². The molecule has 2 aromatic rings. The van der Waals surface area contributed by atoms with Gasteiger partial charge in [0.15, 0.2) is 0 Å². The molecule has 1 aliphatic heterocycles. The van der Waals surface area contributed by atoms with Gasteiger partial charge in [-0.2, -0.15) is 13.2 Å². The average Bonchev–Trinajstić information content (AvgIpc) is 3.23. The lowest BCUT2D eigenvalue weighted by molar-refractivity contribution is -0.136. The van der Waals surface area contributed by atoms with Gasteiger partial charge in [-0.3, -0.25) is 4.79 Å². The lowest BCUT2D eigenvalue weighted by Crippen LogP contribution is -2.29. The molecule has 31 heavy (non-hydrogen) atoms. The van der Waals surface area contributed by atoms with Crippen molar-refractivity contribution in [1.29, 1.82) is 0 Å². The Labute approximate surface area is 180 Å². The first-order chi connectivity index (χ1) is 14.8. The van der Waals surface area contributed by atoms with Crippen LogP contribution in [0.1, 0.15) is 42.1 Å². The van der Waals surface area contributed by atoms with Crippen LogP contribution in [0, 0.1) is 0 Å². The van der Waals surface area contributed by atoms with Gasteiger partial charge in [0.2, 0.25) is 0 Å². The summed E-state index contributed by atoms with van der Waals surface area (Å²) >= 11 is 0. The summed E-state index contributed by atoms with van der Waals surface area (Å²) in [6.07, 6.45) is -1.79. The first-order valence-electron chi connectivity index (χ1n) is 10.5. The predicted octanol–water partition coefficient (Wildman–Crippen LogP) is 4.93. The summed E-state index contributed by atoms with van der Waals surface area (Å²) in [6, 6.07) is 10.7. The molecule has 1 atom stereocenters. The molecule has 0 radical (unpaired) electrons. The van der Waals surface area contributed by atoms with E-state index < -0.39 is 17.6 Å². The number of unbranched alkanes of at least 4 members (excludes halogenated alkanes) is 1. The van der Waals surface area contributed by atoms with Crippen LogP contribution >= 0.6 is 0 Å². The number of nitrogens with zero attached hydrogens (tertiary/aromatic N) is 1. The van der Waals surface area contributed by atoms with Gasteiger partial charge in [-0.05, 0) is 62.4 Å². The number of hydrogen-bond donors (Lipinski definition) is 2. The van der Waals surface area contributed by atoms with Crippen LogP contribution in [0.5, 0.6) is 5.75 Å². The third kappa shape index (κ3) is 5.91. The van der Waals surface area contributed by atoms with Crippen LogP contribution in [0.3, 0.4) is 0 Å². The van der Waals surface area contributed by atoms with E-state index in [0.717, 1.165) is 25.3 Å². The molecule has 1 aliphatic rings. The Morgan fingerprint density at radius 1 is 1.19 bits per heavy atom. The molecule has 8 heteroatoms. The molecule has 1 unspecified atom stereocenters. The van der Waals surface area contributed by atoms with Gasteiger partial charge in [-0.25, -0.2) is 0 Å². The topological polar surface area (TPSA) is 53.6 Å². The molecule has 1 fully saturated rings. The summed E-state index contributed by atoms with van der Waals surface area (Å²) in [6.45, 7) is 3.96. The lowest BCUT2D eigenvalue weighted by atomic mass is 10.1. The highest BCUT2D eigenvalue weighted by Crippen LogP contribution is 2.38. The number of benzene rings is 2. The Balaban J connectivity index is 1.75. The number of likely N-dealkylation sites (N-methyl/N-ethyl adjacent to an activating group) is 1. The largest absolute Gasteiger partial charge is 0.494 e. The summed E-state index contributed by atoms with van der Waals surface area (Å²) in [5, 5.41) is 5.56. The van der Waals surface area contributed by atoms with Crippen molar-refractivity contribution in [3.63, 3.8) is 0 Å². The van der Waals surface area contributed by atoms with Gasteiger partial charge in [0.25, 0.3) is 5.91 Å². The molecule has 1 heterocycles. The SMILES string of the molecule is CCCCOc1ccc(C(=O)Nc2ccc(N3CCC(NC)C3)cc2C(F)(F)F)cc1. The third-order valence-electron chi connectivity index (χ3n) is 5.40. The number of alkyl halides is 3. The van der Waals surface area contributed by atoms with Gasteiger partial charge in [-0.1, -0.05) is 13.3 Å². The summed E-state index contributed by atoms with van der Waals surface area (Å²) in [7, 11) is 1.85. The zero-order valence-corrected chi connectivity index (χ0v) is 17.8. The van der Waals surface area contributed by atoms with E-state index in [1.807, 2.05) is 11.9 Å². The molecule has 0 spiro atoms. The molecule has 0 aliphatic carbocycles. The number of rotatable bonds is 8. The molecular formula is C23H28F3N3O2. The highest BCUT2D eigenvalue weighted by molar-refractivity contribution is 6.04. The maximum atomic E-state index is 13.7. The molecule has 0 bridgehead atoms. The van der Waals surface area contributed by atoms with E-state index in [-0.39, 0.29) is 17.3 Å². The number of amides is 1. The number of ether oxygens (including phenoxy) is 1. The van der Waals surface area contributed by atoms with E-state index in [0.29, 0.717) is 31.1 Å². The second kappa shape index (κ2) is 10.0. The van der Waals surface area contributed by atoms with Gasteiger partial charge in [0, 0.05) is 30.4 Å². The quantitative estimate of drug-likeness (QED) is 0.577. The minimum absolute atomic E-state index is 0.252. The Kier molecular flexibility index (Phi) is 7.43. The molecular weight excluding hydrogens is 407 g/mol. The van der Waals surface area contributed by atoms with E-state index in [4.69, 9.17) is 4.74 Å². The Bertz CT molecular complexity index is 885. The summed E-state index contributed by atoms with van der Waals surface area (Å²) in [5.41, 5.74) is -0.354. The van der Waals surface area contributed by atoms with Crippen molar-refractivity contribution < 1.29 is 22.7 Å². The highest BCUT2D eigenvalue weighted by Gasteiger charge is 2.35. The van der Waals surface area contributed by atoms with Crippen molar-refractivity contribution in [1.82, 2.24) is 5.32 Å². The fraction of sp³-hybridized carbons (Fsp3) is 0.435. The van der Waals surface area contributed by atoms with Crippen LogP contribution < -0.4 is 20.3 Å². The van der Waals surface area contributed by atoms with Crippen LogP contribution in [0.4, 0.5) is 24.5 Å². The maximum absolute atomic E-state index is 13.7. The van der Waals surface area contributed by atoms with Crippen molar-refractivity contribution in [3.8, 4) is 5.75 Å². The van der Waals surface area contributed by atoms with Crippen molar-refractivity contribution in [3.05, 3.63) is 53.6 Å². The third-order valence-corrected chi connectivity index (χ3v) is 5.40.